The number of nitrogens with zero attached hydrogens (tertiary/aromatic N) is 3. The summed E-state index contributed by atoms with van der Waals surface area (Å²) in [5.41, 5.74) is 0.744. The van der Waals surface area contributed by atoms with Gasteiger partial charge in [0.1, 0.15) is 5.82 Å². The van der Waals surface area contributed by atoms with Gasteiger partial charge >= 0.3 is 0 Å². The summed E-state index contributed by atoms with van der Waals surface area (Å²) in [6.07, 6.45) is 4.50. The number of amides is 2. The van der Waals surface area contributed by atoms with Gasteiger partial charge in [0.15, 0.2) is 0 Å². The summed E-state index contributed by atoms with van der Waals surface area (Å²) in [6.45, 7) is 8.85. The lowest BCUT2D eigenvalue weighted by Gasteiger charge is -2.40. The minimum absolute atomic E-state index is 0.0493. The van der Waals surface area contributed by atoms with Crippen LogP contribution in [0.25, 0.3) is 0 Å². The fraction of sp³-hybridized carbons (Fsp3) is 0.455. The number of hydrogen-bond donors (Lipinski definition) is 1. The van der Waals surface area contributed by atoms with Gasteiger partial charge in [0, 0.05) is 25.4 Å². The summed E-state index contributed by atoms with van der Waals surface area (Å²) in [7, 11) is 0. The maximum atomic E-state index is 13.4. The Bertz CT molecular complexity index is 833. The molecule has 0 radical (unpaired) electrons. The van der Waals surface area contributed by atoms with Crippen LogP contribution in [0.1, 0.15) is 51.9 Å². The van der Waals surface area contributed by atoms with Gasteiger partial charge in [0.2, 0.25) is 11.8 Å². The summed E-state index contributed by atoms with van der Waals surface area (Å²) in [4.78, 5) is 35.7. The summed E-state index contributed by atoms with van der Waals surface area (Å²) in [5.74, 6) is 0.709. The molecule has 1 N–H and O–H groups in total. The fourth-order valence-electron chi connectivity index (χ4n) is 3.64. The van der Waals surface area contributed by atoms with Crippen molar-refractivity contribution >= 4 is 17.5 Å². The van der Waals surface area contributed by atoms with Crippen LogP contribution >= 0.6 is 0 Å². The SMILES string of the molecule is CC(=O)N1CCC(C(=O)Nc2cnc(C(C)(C)C)nc2)(c2ccccc2)CC1. The van der Waals surface area contributed by atoms with E-state index >= 15 is 0 Å². The zero-order valence-electron chi connectivity index (χ0n) is 17.0. The molecule has 6 heteroatoms. The van der Waals surface area contributed by atoms with E-state index < -0.39 is 5.41 Å². The number of aromatic nitrogens is 2. The lowest BCUT2D eigenvalue weighted by molar-refractivity contribution is -0.133. The maximum absolute atomic E-state index is 13.4. The number of carbonyl (C=O) groups is 2. The standard InChI is InChI=1S/C22H28N4O2/c1-16(27)26-12-10-22(11-13-26,17-8-6-5-7-9-17)20(28)25-18-14-23-19(24-15-18)21(2,3)4/h5-9,14-15H,10-13H2,1-4H3,(H,25,28). The van der Waals surface area contributed by atoms with Gasteiger partial charge in [-0.15, -0.1) is 0 Å². The van der Waals surface area contributed by atoms with E-state index in [-0.39, 0.29) is 17.2 Å². The molecular weight excluding hydrogens is 352 g/mol. The first-order valence-electron chi connectivity index (χ1n) is 9.67. The number of piperidine rings is 1. The van der Waals surface area contributed by atoms with E-state index in [1.807, 2.05) is 51.1 Å². The van der Waals surface area contributed by atoms with Crippen molar-refractivity contribution in [2.24, 2.45) is 0 Å². The monoisotopic (exact) mass is 380 g/mol. The molecule has 1 fully saturated rings. The first kappa shape index (κ1) is 20.0. The van der Waals surface area contributed by atoms with E-state index in [9.17, 15) is 9.59 Å². The second-order valence-electron chi connectivity index (χ2n) is 8.45. The number of likely N-dealkylation sites (tertiary alicyclic amines) is 1. The van der Waals surface area contributed by atoms with Crippen molar-refractivity contribution in [1.82, 2.24) is 14.9 Å². The van der Waals surface area contributed by atoms with Crippen LogP contribution in [0.3, 0.4) is 0 Å². The zero-order chi connectivity index (χ0) is 20.4. The molecule has 3 rings (SSSR count). The van der Waals surface area contributed by atoms with Crippen LogP contribution in [-0.2, 0) is 20.4 Å². The van der Waals surface area contributed by atoms with Crippen molar-refractivity contribution in [3.8, 4) is 0 Å². The number of anilines is 1. The van der Waals surface area contributed by atoms with Gasteiger partial charge in [0.25, 0.3) is 0 Å². The smallest absolute Gasteiger partial charge is 0.235 e. The molecule has 0 atom stereocenters. The Balaban J connectivity index is 1.85. The van der Waals surface area contributed by atoms with E-state index in [1.165, 1.54) is 0 Å². The summed E-state index contributed by atoms with van der Waals surface area (Å²) >= 11 is 0. The van der Waals surface area contributed by atoms with Gasteiger partial charge in [-0.25, -0.2) is 9.97 Å². The number of benzene rings is 1. The van der Waals surface area contributed by atoms with Crippen LogP contribution in [0.5, 0.6) is 0 Å². The predicted octanol–water partition coefficient (Wildman–Crippen LogP) is 3.29. The van der Waals surface area contributed by atoms with Crippen molar-refractivity contribution in [1.29, 1.82) is 0 Å². The molecule has 6 nitrogen and oxygen atoms in total. The van der Waals surface area contributed by atoms with Crippen LogP contribution in [-0.4, -0.2) is 39.8 Å². The van der Waals surface area contributed by atoms with E-state index in [0.717, 1.165) is 11.4 Å². The molecule has 0 spiro atoms. The molecule has 2 amide bonds. The molecule has 2 aromatic rings. The molecule has 2 heterocycles. The molecule has 1 aliphatic rings. The Labute approximate surface area is 166 Å². The van der Waals surface area contributed by atoms with E-state index in [4.69, 9.17) is 0 Å². The largest absolute Gasteiger partial charge is 0.343 e. The maximum Gasteiger partial charge on any atom is 0.235 e. The van der Waals surface area contributed by atoms with E-state index in [2.05, 4.69) is 15.3 Å². The highest BCUT2D eigenvalue weighted by atomic mass is 16.2. The Hall–Kier alpha value is -2.76. The highest BCUT2D eigenvalue weighted by Gasteiger charge is 2.43. The summed E-state index contributed by atoms with van der Waals surface area (Å²) in [6, 6.07) is 9.81. The third-order valence-electron chi connectivity index (χ3n) is 5.40. The minimum Gasteiger partial charge on any atom is -0.343 e. The van der Waals surface area contributed by atoms with Crippen molar-refractivity contribution in [2.75, 3.05) is 18.4 Å². The first-order chi connectivity index (χ1) is 13.2. The van der Waals surface area contributed by atoms with Gasteiger partial charge < -0.3 is 10.2 Å². The number of hydrogen-bond acceptors (Lipinski definition) is 4. The quantitative estimate of drug-likeness (QED) is 0.887. The minimum atomic E-state index is -0.671. The van der Waals surface area contributed by atoms with Crippen molar-refractivity contribution in [2.45, 2.75) is 51.4 Å². The van der Waals surface area contributed by atoms with E-state index in [1.54, 1.807) is 24.2 Å². The van der Waals surface area contributed by atoms with Gasteiger partial charge in [-0.3, -0.25) is 9.59 Å². The molecule has 0 unspecified atom stereocenters. The number of rotatable bonds is 3. The second kappa shape index (κ2) is 7.70. The predicted molar refractivity (Wildman–Crippen MR) is 109 cm³/mol. The third kappa shape index (κ3) is 4.06. The van der Waals surface area contributed by atoms with Gasteiger partial charge in [0.05, 0.1) is 23.5 Å². The molecule has 0 saturated carbocycles. The van der Waals surface area contributed by atoms with E-state index in [0.29, 0.717) is 31.6 Å². The van der Waals surface area contributed by atoms with Crippen LogP contribution in [0, 0.1) is 0 Å². The highest BCUT2D eigenvalue weighted by molar-refractivity contribution is 5.99. The van der Waals surface area contributed by atoms with Crippen LogP contribution in [0.4, 0.5) is 5.69 Å². The molecule has 1 aliphatic heterocycles. The lowest BCUT2D eigenvalue weighted by Crippen LogP contribution is -2.50. The molecule has 1 aromatic carbocycles. The average molecular weight is 380 g/mol. The molecule has 148 valence electrons. The van der Waals surface area contributed by atoms with Crippen molar-refractivity contribution in [3.05, 3.63) is 54.1 Å². The Morgan fingerprint density at radius 1 is 1.04 bits per heavy atom. The summed E-state index contributed by atoms with van der Waals surface area (Å²) < 4.78 is 0. The second-order valence-corrected chi connectivity index (χ2v) is 8.45. The van der Waals surface area contributed by atoms with Crippen LogP contribution in [0.15, 0.2) is 42.7 Å². The number of nitrogens with one attached hydrogen (secondary N) is 1. The lowest BCUT2D eigenvalue weighted by atomic mass is 9.72. The summed E-state index contributed by atoms with van der Waals surface area (Å²) in [5, 5.41) is 3.01. The molecule has 0 bridgehead atoms. The topological polar surface area (TPSA) is 75.2 Å². The van der Waals surface area contributed by atoms with Gasteiger partial charge in [-0.05, 0) is 18.4 Å². The van der Waals surface area contributed by atoms with Gasteiger partial charge in [-0.1, -0.05) is 51.1 Å². The first-order valence-corrected chi connectivity index (χ1v) is 9.67. The molecular formula is C22H28N4O2. The third-order valence-corrected chi connectivity index (χ3v) is 5.40. The molecule has 1 saturated heterocycles. The van der Waals surface area contributed by atoms with Crippen molar-refractivity contribution in [3.63, 3.8) is 0 Å². The van der Waals surface area contributed by atoms with Crippen molar-refractivity contribution < 1.29 is 9.59 Å². The molecule has 28 heavy (non-hydrogen) atoms. The highest BCUT2D eigenvalue weighted by Crippen LogP contribution is 2.37. The number of carbonyl (C=O) groups excluding carboxylic acids is 2. The Kier molecular flexibility index (Phi) is 5.49. The zero-order valence-corrected chi connectivity index (χ0v) is 17.0. The molecule has 1 aromatic heterocycles. The fourth-order valence-corrected chi connectivity index (χ4v) is 3.64. The normalized spacial score (nSPS) is 16.5. The average Bonchev–Trinajstić information content (AvgIpc) is 2.68. The Morgan fingerprint density at radius 3 is 2.11 bits per heavy atom. The molecule has 0 aliphatic carbocycles. The van der Waals surface area contributed by atoms with Gasteiger partial charge in [-0.2, -0.15) is 0 Å². The van der Waals surface area contributed by atoms with Crippen LogP contribution in [0.2, 0.25) is 0 Å². The van der Waals surface area contributed by atoms with Crippen LogP contribution < -0.4 is 5.32 Å². The Morgan fingerprint density at radius 2 is 1.61 bits per heavy atom.